The number of rotatable bonds is 17. The largest absolute Gasteiger partial charge is 0.467 e. The monoisotopic (exact) mass is 713 g/mol. The number of hydrogen-bond donors (Lipinski definition) is 1. The average molecular weight is 714 g/mol. The maximum atomic E-state index is 13.5. The van der Waals surface area contributed by atoms with Crippen LogP contribution in [0.1, 0.15) is 67.2 Å². The fourth-order valence-electron chi connectivity index (χ4n) is 5.84. The predicted octanol–water partition coefficient (Wildman–Crippen LogP) is 4.55. The molecule has 15 heteroatoms. The van der Waals surface area contributed by atoms with Gasteiger partial charge in [-0.15, -0.1) is 0 Å². The molecule has 0 saturated carbocycles. The molecular formula is C36H47N3O12. The van der Waals surface area contributed by atoms with Gasteiger partial charge in [-0.1, -0.05) is 68.2 Å². The summed E-state index contributed by atoms with van der Waals surface area (Å²) in [5.41, 5.74) is 10.0. The summed E-state index contributed by atoms with van der Waals surface area (Å²) in [4.78, 5) is 42.4. The number of hydrogen-bond acceptors (Lipinski definition) is 13. The number of unbranched alkanes of at least 4 members (excludes halogenated alkanes) is 2. The Labute approximate surface area is 297 Å². The maximum Gasteiger partial charge on any atom is 0.338 e. The molecule has 2 aromatic carbocycles. The van der Waals surface area contributed by atoms with Crippen LogP contribution in [0, 0.1) is 0 Å². The van der Waals surface area contributed by atoms with Crippen molar-refractivity contribution < 1.29 is 57.4 Å². The van der Waals surface area contributed by atoms with Crippen molar-refractivity contribution in [2.24, 2.45) is 5.11 Å². The first kappa shape index (κ1) is 39.7. The summed E-state index contributed by atoms with van der Waals surface area (Å²) in [6, 6.07) is 15.6. The summed E-state index contributed by atoms with van der Waals surface area (Å²) in [5.74, 6) is -2.30. The first-order valence-corrected chi connectivity index (χ1v) is 17.2. The first-order chi connectivity index (χ1) is 24.7. The predicted molar refractivity (Wildman–Crippen MR) is 180 cm³/mol. The molecule has 1 N–H and O–H groups in total. The Balaban J connectivity index is 1.75. The molecule has 0 aliphatic carbocycles. The molecule has 15 nitrogen and oxygen atoms in total. The number of esters is 3. The van der Waals surface area contributed by atoms with E-state index in [4.69, 9.17) is 37.9 Å². The molecule has 2 heterocycles. The smallest absolute Gasteiger partial charge is 0.338 e. The highest BCUT2D eigenvalue weighted by atomic mass is 16.7. The molecular weight excluding hydrogens is 666 g/mol. The second-order valence-corrected chi connectivity index (χ2v) is 12.2. The number of ether oxygens (including phenoxy) is 8. The van der Waals surface area contributed by atoms with E-state index in [0.717, 1.165) is 20.0 Å². The van der Waals surface area contributed by atoms with Gasteiger partial charge in [-0.25, -0.2) is 14.4 Å². The van der Waals surface area contributed by atoms with E-state index in [1.54, 1.807) is 67.6 Å². The zero-order valence-electron chi connectivity index (χ0n) is 29.3. The van der Waals surface area contributed by atoms with Gasteiger partial charge in [-0.05, 0) is 49.6 Å². The summed E-state index contributed by atoms with van der Waals surface area (Å²) < 4.78 is 47.8. The first-order valence-electron chi connectivity index (χ1n) is 17.2. The van der Waals surface area contributed by atoms with Crippen LogP contribution in [0.2, 0.25) is 0 Å². The van der Waals surface area contributed by atoms with Gasteiger partial charge in [0.25, 0.3) is 0 Å². The third-order valence-electron chi connectivity index (χ3n) is 8.58. The van der Waals surface area contributed by atoms with Gasteiger partial charge in [0, 0.05) is 18.1 Å². The maximum absolute atomic E-state index is 13.5. The Kier molecular flexibility index (Phi) is 15.6. The summed E-state index contributed by atoms with van der Waals surface area (Å²) in [5, 5.41) is 15.4. The third kappa shape index (κ3) is 10.5. The molecule has 2 aliphatic heterocycles. The Morgan fingerprint density at radius 3 is 2.00 bits per heavy atom. The van der Waals surface area contributed by atoms with Crippen LogP contribution in [0.15, 0.2) is 65.8 Å². The van der Waals surface area contributed by atoms with Crippen LogP contribution in [-0.4, -0.2) is 111 Å². The molecule has 0 radical (unpaired) electrons. The van der Waals surface area contributed by atoms with E-state index in [0.29, 0.717) is 18.4 Å². The van der Waals surface area contributed by atoms with Gasteiger partial charge < -0.3 is 43.0 Å². The van der Waals surface area contributed by atoms with Crippen molar-refractivity contribution in [1.29, 1.82) is 0 Å². The van der Waals surface area contributed by atoms with Gasteiger partial charge in [0.15, 0.2) is 18.5 Å². The zero-order chi connectivity index (χ0) is 36.8. The second-order valence-electron chi connectivity index (χ2n) is 12.2. The quantitative estimate of drug-likeness (QED) is 0.0601. The van der Waals surface area contributed by atoms with Crippen LogP contribution >= 0.6 is 0 Å². The number of aliphatic hydroxyl groups is 1. The van der Waals surface area contributed by atoms with Crippen molar-refractivity contribution in [1.82, 2.24) is 0 Å². The van der Waals surface area contributed by atoms with Crippen LogP contribution in [-0.2, 0) is 42.7 Å². The van der Waals surface area contributed by atoms with E-state index < -0.39 is 79.1 Å². The highest BCUT2D eigenvalue weighted by molar-refractivity contribution is 5.90. The molecule has 4 unspecified atom stereocenters. The topological polar surface area (TPSA) is 194 Å². The number of carbonyl (C=O) groups is 3. The van der Waals surface area contributed by atoms with E-state index in [2.05, 4.69) is 10.0 Å². The van der Waals surface area contributed by atoms with Gasteiger partial charge in [-0.3, -0.25) is 0 Å². The highest BCUT2D eigenvalue weighted by Gasteiger charge is 2.55. The third-order valence-corrected chi connectivity index (χ3v) is 8.58. The number of aliphatic hydroxyl groups excluding tert-OH is 1. The minimum atomic E-state index is -1.62. The van der Waals surface area contributed by atoms with Crippen LogP contribution in [0.4, 0.5) is 0 Å². The van der Waals surface area contributed by atoms with Crippen LogP contribution in [0.5, 0.6) is 0 Å². The highest BCUT2D eigenvalue weighted by Crippen LogP contribution is 2.35. The number of methoxy groups -OCH3 is 1. The van der Waals surface area contributed by atoms with Crippen molar-refractivity contribution in [2.45, 2.75) is 108 Å². The van der Waals surface area contributed by atoms with Crippen molar-refractivity contribution in [2.75, 3.05) is 26.9 Å². The molecule has 4 rings (SSSR count). The summed E-state index contributed by atoms with van der Waals surface area (Å²) >= 11 is 0. The average Bonchev–Trinajstić information content (AvgIpc) is 3.15. The van der Waals surface area contributed by atoms with Crippen LogP contribution in [0.3, 0.4) is 0 Å². The molecule has 2 aliphatic rings. The Morgan fingerprint density at radius 2 is 1.43 bits per heavy atom. The Morgan fingerprint density at radius 1 is 0.843 bits per heavy atom. The van der Waals surface area contributed by atoms with Gasteiger partial charge in [0.05, 0.1) is 36.5 Å². The molecule has 2 saturated heterocycles. The lowest BCUT2D eigenvalue weighted by Crippen LogP contribution is -2.66. The fourth-order valence-corrected chi connectivity index (χ4v) is 5.84. The van der Waals surface area contributed by atoms with Gasteiger partial charge in [0.2, 0.25) is 0 Å². The van der Waals surface area contributed by atoms with Crippen LogP contribution < -0.4 is 0 Å². The second kappa shape index (κ2) is 20.1. The molecule has 2 fully saturated rings. The number of azide groups is 1. The standard InChI is InChI=1S/C36H47N3O12/c1-5-7-19-45-29-26(38-39-37)22(3)48-25(21-47-33(41)23-15-11-9-12-16-23)28(29)50-36-32(49-34(42)24-17-13-10-14-18-24)30(46-20-8-6-2)27(40)31(51-36)35(43)44-4/h9-18,22,25-32,36,40H,5-8,19-21H2,1-4H3/t22-,25?,26?,27+,28-,29-,30+,31?,32?,36-/m1/s1. The van der Waals surface area contributed by atoms with E-state index >= 15 is 0 Å². The lowest BCUT2D eigenvalue weighted by Gasteiger charge is -2.48. The van der Waals surface area contributed by atoms with Crippen molar-refractivity contribution in [3.05, 3.63) is 82.2 Å². The number of nitrogens with zero attached hydrogens (tertiary/aromatic N) is 3. The molecule has 0 aromatic heterocycles. The van der Waals surface area contributed by atoms with Crippen molar-refractivity contribution in [3.8, 4) is 0 Å². The molecule has 278 valence electrons. The van der Waals surface area contributed by atoms with E-state index in [1.165, 1.54) is 0 Å². The fraction of sp³-hybridized carbons (Fsp3) is 0.583. The molecule has 10 atom stereocenters. The Bertz CT molecular complexity index is 1440. The van der Waals surface area contributed by atoms with Gasteiger partial charge >= 0.3 is 17.9 Å². The van der Waals surface area contributed by atoms with E-state index in [-0.39, 0.29) is 25.4 Å². The SMILES string of the molecule is CCCCO[C@@H]1C(OC(=O)c2ccccc2)[C@H](O[C@@H]2C(COC(=O)c3ccccc3)O[C@H](C)C(N=[N+]=[N-])[C@H]2OCCCC)OC(C(=O)OC)[C@H]1O. The number of benzene rings is 2. The molecule has 0 amide bonds. The lowest BCUT2D eigenvalue weighted by molar-refractivity contribution is -0.334. The summed E-state index contributed by atoms with van der Waals surface area (Å²) in [6.45, 7) is 5.72. The minimum Gasteiger partial charge on any atom is -0.467 e. The van der Waals surface area contributed by atoms with Gasteiger partial charge in [0.1, 0.15) is 31.0 Å². The van der Waals surface area contributed by atoms with E-state index in [1.807, 2.05) is 13.8 Å². The van der Waals surface area contributed by atoms with Crippen LogP contribution in [0.25, 0.3) is 10.4 Å². The summed E-state index contributed by atoms with van der Waals surface area (Å²) in [6.07, 6.45) is -8.65. The molecule has 0 bridgehead atoms. The zero-order valence-corrected chi connectivity index (χ0v) is 29.3. The molecule has 2 aromatic rings. The molecule has 51 heavy (non-hydrogen) atoms. The summed E-state index contributed by atoms with van der Waals surface area (Å²) in [7, 11) is 1.14. The lowest BCUT2D eigenvalue weighted by atomic mass is 9.93. The van der Waals surface area contributed by atoms with Crippen molar-refractivity contribution >= 4 is 17.9 Å². The molecule has 0 spiro atoms. The normalized spacial score (nSPS) is 29.0. The van der Waals surface area contributed by atoms with Crippen molar-refractivity contribution in [3.63, 3.8) is 0 Å². The van der Waals surface area contributed by atoms with Gasteiger partial charge in [-0.2, -0.15) is 0 Å². The van der Waals surface area contributed by atoms with E-state index in [9.17, 15) is 25.0 Å². The number of carbonyl (C=O) groups excluding carboxylic acids is 3. The Hall–Kier alpha value is -4.08. The minimum absolute atomic E-state index is 0.155.